The van der Waals surface area contributed by atoms with Crippen molar-refractivity contribution in [2.75, 3.05) is 12.3 Å². The predicted molar refractivity (Wildman–Crippen MR) is 65.4 cm³/mol. The molecular formula is C12H18N4O. The van der Waals surface area contributed by atoms with Gasteiger partial charge in [-0.1, -0.05) is 12.8 Å². The molecule has 0 spiro atoms. The molecule has 0 saturated heterocycles. The minimum atomic E-state index is -0.0353. The Morgan fingerprint density at radius 1 is 1.41 bits per heavy atom. The van der Waals surface area contributed by atoms with Crippen LogP contribution in [0.4, 0.5) is 5.82 Å². The SMILES string of the molecule is CCN(C(=O)c1cnc(N)cn1)C1CCCC1. The van der Waals surface area contributed by atoms with Crippen molar-refractivity contribution in [1.82, 2.24) is 14.9 Å². The fourth-order valence-corrected chi connectivity index (χ4v) is 2.38. The highest BCUT2D eigenvalue weighted by molar-refractivity contribution is 5.92. The van der Waals surface area contributed by atoms with Crippen LogP contribution in [0.25, 0.3) is 0 Å². The van der Waals surface area contributed by atoms with E-state index in [-0.39, 0.29) is 5.91 Å². The maximum Gasteiger partial charge on any atom is 0.274 e. The summed E-state index contributed by atoms with van der Waals surface area (Å²) in [6, 6.07) is 0.367. The number of rotatable bonds is 3. The van der Waals surface area contributed by atoms with Crippen molar-refractivity contribution in [2.24, 2.45) is 0 Å². The zero-order valence-electron chi connectivity index (χ0n) is 10.1. The number of hydrogen-bond acceptors (Lipinski definition) is 4. The maximum absolute atomic E-state index is 12.3. The summed E-state index contributed by atoms with van der Waals surface area (Å²) in [5.41, 5.74) is 5.84. The summed E-state index contributed by atoms with van der Waals surface area (Å²) in [7, 11) is 0. The molecule has 92 valence electrons. The van der Waals surface area contributed by atoms with Crippen LogP contribution in [0, 0.1) is 0 Å². The van der Waals surface area contributed by atoms with Crippen LogP contribution < -0.4 is 5.73 Å². The molecule has 0 radical (unpaired) electrons. The van der Waals surface area contributed by atoms with Crippen molar-refractivity contribution in [3.8, 4) is 0 Å². The van der Waals surface area contributed by atoms with Crippen molar-refractivity contribution in [1.29, 1.82) is 0 Å². The number of nitrogens with zero attached hydrogens (tertiary/aromatic N) is 3. The molecule has 0 unspecified atom stereocenters. The Bertz CT molecular complexity index is 384. The topological polar surface area (TPSA) is 72.1 Å². The summed E-state index contributed by atoms with van der Waals surface area (Å²) < 4.78 is 0. The first-order valence-electron chi connectivity index (χ1n) is 6.11. The van der Waals surface area contributed by atoms with Crippen molar-refractivity contribution in [3.05, 3.63) is 18.1 Å². The van der Waals surface area contributed by atoms with Crippen molar-refractivity contribution < 1.29 is 4.79 Å². The lowest BCUT2D eigenvalue weighted by atomic mass is 10.2. The lowest BCUT2D eigenvalue weighted by molar-refractivity contribution is 0.0687. The molecule has 0 aromatic carbocycles. The van der Waals surface area contributed by atoms with Crippen LogP contribution in [0.1, 0.15) is 43.1 Å². The Morgan fingerprint density at radius 3 is 2.65 bits per heavy atom. The smallest absolute Gasteiger partial charge is 0.274 e. The summed E-state index contributed by atoms with van der Waals surface area (Å²) >= 11 is 0. The minimum absolute atomic E-state index is 0.0353. The summed E-state index contributed by atoms with van der Waals surface area (Å²) in [6.07, 6.45) is 7.50. The third-order valence-electron chi connectivity index (χ3n) is 3.26. The van der Waals surface area contributed by atoms with Gasteiger partial charge in [-0.3, -0.25) is 4.79 Å². The molecule has 1 aliphatic rings. The summed E-state index contributed by atoms with van der Waals surface area (Å²) in [4.78, 5) is 22.1. The van der Waals surface area contributed by atoms with Gasteiger partial charge in [0, 0.05) is 12.6 Å². The van der Waals surface area contributed by atoms with Crippen molar-refractivity contribution in [2.45, 2.75) is 38.6 Å². The van der Waals surface area contributed by atoms with Crippen molar-refractivity contribution in [3.63, 3.8) is 0 Å². The Hall–Kier alpha value is -1.65. The molecule has 5 heteroatoms. The monoisotopic (exact) mass is 234 g/mol. The molecule has 1 heterocycles. The molecular weight excluding hydrogens is 216 g/mol. The Morgan fingerprint density at radius 2 is 2.12 bits per heavy atom. The van der Waals surface area contributed by atoms with E-state index in [9.17, 15) is 4.79 Å². The molecule has 1 fully saturated rings. The molecule has 1 amide bonds. The first kappa shape index (κ1) is 11.8. The second kappa shape index (κ2) is 5.12. The van der Waals surface area contributed by atoms with Crippen LogP contribution in [0.15, 0.2) is 12.4 Å². The molecule has 1 aliphatic carbocycles. The Kier molecular flexibility index (Phi) is 3.56. The van der Waals surface area contributed by atoms with Gasteiger partial charge < -0.3 is 10.6 Å². The number of aromatic nitrogens is 2. The second-order valence-corrected chi connectivity index (χ2v) is 4.36. The van der Waals surface area contributed by atoms with Crippen molar-refractivity contribution >= 4 is 11.7 Å². The molecule has 2 N–H and O–H groups in total. The number of nitrogen functional groups attached to an aromatic ring is 1. The summed E-state index contributed by atoms with van der Waals surface area (Å²) in [5, 5.41) is 0. The fourth-order valence-electron chi connectivity index (χ4n) is 2.38. The molecule has 0 bridgehead atoms. The van der Waals surface area contributed by atoms with Gasteiger partial charge in [-0.05, 0) is 19.8 Å². The van der Waals surface area contributed by atoms with Gasteiger partial charge in [0.1, 0.15) is 11.5 Å². The van der Waals surface area contributed by atoms with Gasteiger partial charge in [-0.2, -0.15) is 0 Å². The van der Waals surface area contributed by atoms with Gasteiger partial charge in [0.15, 0.2) is 0 Å². The van der Waals surface area contributed by atoms with E-state index in [2.05, 4.69) is 9.97 Å². The highest BCUT2D eigenvalue weighted by Gasteiger charge is 2.26. The van der Waals surface area contributed by atoms with Crippen LogP contribution in [-0.2, 0) is 0 Å². The molecule has 5 nitrogen and oxygen atoms in total. The van der Waals surface area contributed by atoms with Crippen LogP contribution in [-0.4, -0.2) is 33.4 Å². The van der Waals surface area contributed by atoms with E-state index in [0.29, 0.717) is 17.6 Å². The molecule has 0 aliphatic heterocycles. The predicted octanol–water partition coefficient (Wildman–Crippen LogP) is 1.46. The number of hydrogen-bond donors (Lipinski definition) is 1. The van der Waals surface area contributed by atoms with Crippen LogP contribution in [0.5, 0.6) is 0 Å². The normalized spacial score (nSPS) is 16.1. The van der Waals surface area contributed by atoms with Crippen LogP contribution in [0.2, 0.25) is 0 Å². The van der Waals surface area contributed by atoms with Gasteiger partial charge in [-0.25, -0.2) is 9.97 Å². The lowest BCUT2D eigenvalue weighted by Gasteiger charge is -2.27. The van der Waals surface area contributed by atoms with Crippen LogP contribution in [0.3, 0.4) is 0 Å². The van der Waals surface area contributed by atoms with Gasteiger partial charge in [0.2, 0.25) is 0 Å². The number of carbonyl (C=O) groups is 1. The minimum Gasteiger partial charge on any atom is -0.382 e. The van der Waals surface area contributed by atoms with E-state index < -0.39 is 0 Å². The third-order valence-corrected chi connectivity index (χ3v) is 3.26. The summed E-state index contributed by atoms with van der Waals surface area (Å²) in [6.45, 7) is 2.72. The van der Waals surface area contributed by atoms with E-state index in [4.69, 9.17) is 5.73 Å². The molecule has 17 heavy (non-hydrogen) atoms. The average Bonchev–Trinajstić information content (AvgIpc) is 2.84. The first-order chi connectivity index (χ1) is 8.22. The molecule has 1 saturated carbocycles. The van der Waals surface area contributed by atoms with Gasteiger partial charge in [-0.15, -0.1) is 0 Å². The summed E-state index contributed by atoms with van der Waals surface area (Å²) in [5.74, 6) is 0.303. The number of amides is 1. The number of anilines is 1. The molecule has 0 atom stereocenters. The van der Waals surface area contributed by atoms with Gasteiger partial charge in [0.25, 0.3) is 5.91 Å². The van der Waals surface area contributed by atoms with E-state index in [0.717, 1.165) is 19.4 Å². The Balaban J connectivity index is 2.13. The fraction of sp³-hybridized carbons (Fsp3) is 0.583. The highest BCUT2D eigenvalue weighted by atomic mass is 16.2. The van der Waals surface area contributed by atoms with E-state index in [1.807, 2.05) is 11.8 Å². The highest BCUT2D eigenvalue weighted by Crippen LogP contribution is 2.24. The number of carbonyl (C=O) groups excluding carboxylic acids is 1. The zero-order chi connectivity index (χ0) is 12.3. The van der Waals surface area contributed by atoms with Crippen LogP contribution >= 0.6 is 0 Å². The average molecular weight is 234 g/mol. The van der Waals surface area contributed by atoms with Gasteiger partial charge >= 0.3 is 0 Å². The standard InChI is InChI=1S/C12H18N4O/c1-2-16(9-5-3-4-6-9)12(17)10-7-15-11(13)8-14-10/h7-9H,2-6H2,1H3,(H2,13,15). The second-order valence-electron chi connectivity index (χ2n) is 4.36. The first-order valence-corrected chi connectivity index (χ1v) is 6.11. The quantitative estimate of drug-likeness (QED) is 0.859. The third kappa shape index (κ3) is 2.54. The zero-order valence-corrected chi connectivity index (χ0v) is 10.1. The largest absolute Gasteiger partial charge is 0.382 e. The number of nitrogens with two attached hydrogens (primary N) is 1. The molecule has 2 rings (SSSR count). The maximum atomic E-state index is 12.3. The molecule has 1 aromatic rings. The van der Waals surface area contributed by atoms with E-state index in [1.54, 1.807) is 0 Å². The van der Waals surface area contributed by atoms with E-state index in [1.165, 1.54) is 25.2 Å². The lowest BCUT2D eigenvalue weighted by Crippen LogP contribution is -2.39. The van der Waals surface area contributed by atoms with Gasteiger partial charge in [0.05, 0.1) is 12.4 Å². The van der Waals surface area contributed by atoms with E-state index >= 15 is 0 Å². The Labute approximate surface area is 101 Å². The molecule has 1 aromatic heterocycles.